The highest BCUT2D eigenvalue weighted by Crippen LogP contribution is 2.23. The summed E-state index contributed by atoms with van der Waals surface area (Å²) < 4.78 is 32.9. The van der Waals surface area contributed by atoms with Crippen LogP contribution >= 0.6 is 24.8 Å². The molecule has 1 aromatic carbocycles. The Morgan fingerprint density at radius 1 is 1.30 bits per heavy atom. The molecule has 0 saturated carbocycles. The molecule has 1 atom stereocenters. The lowest BCUT2D eigenvalue weighted by Gasteiger charge is -2.26. The molecule has 2 heterocycles. The summed E-state index contributed by atoms with van der Waals surface area (Å²) in [5.74, 6) is 0.0853. The van der Waals surface area contributed by atoms with Gasteiger partial charge in [0.05, 0.1) is 17.1 Å². The van der Waals surface area contributed by atoms with E-state index in [2.05, 4.69) is 10.3 Å². The maximum Gasteiger partial charge on any atom is 0.320 e. The average molecular weight is 425 g/mol. The fourth-order valence-corrected chi connectivity index (χ4v) is 3.19. The van der Waals surface area contributed by atoms with Crippen LogP contribution in [0.3, 0.4) is 0 Å². The van der Waals surface area contributed by atoms with E-state index in [-0.39, 0.29) is 55.4 Å². The van der Waals surface area contributed by atoms with E-state index in [1.54, 1.807) is 24.3 Å². The van der Waals surface area contributed by atoms with Crippen LogP contribution in [0.15, 0.2) is 24.3 Å². The van der Waals surface area contributed by atoms with Gasteiger partial charge >= 0.3 is 6.55 Å². The average Bonchev–Trinajstić information content (AvgIpc) is 3.00. The van der Waals surface area contributed by atoms with E-state index in [1.807, 2.05) is 0 Å². The smallest absolute Gasteiger partial charge is 0.320 e. The van der Waals surface area contributed by atoms with Crippen LogP contribution < -0.4 is 11.1 Å². The van der Waals surface area contributed by atoms with Crippen LogP contribution in [0.1, 0.15) is 25.2 Å². The third-order valence-corrected chi connectivity index (χ3v) is 4.59. The van der Waals surface area contributed by atoms with Gasteiger partial charge in [0.2, 0.25) is 5.91 Å². The summed E-state index contributed by atoms with van der Waals surface area (Å²) in [4.78, 5) is 16.4. The first kappa shape index (κ1) is 23.6. The lowest BCUT2D eigenvalue weighted by Crippen LogP contribution is -2.47. The van der Waals surface area contributed by atoms with Crippen LogP contribution in [-0.2, 0) is 16.0 Å². The number of nitrogens with two attached hydrogens (primary N) is 1. The van der Waals surface area contributed by atoms with Crippen LogP contribution in [0.4, 0.5) is 8.78 Å². The molecular formula is C17H24Cl2F2N4O2. The van der Waals surface area contributed by atoms with Gasteiger partial charge in [-0.25, -0.2) is 4.98 Å². The zero-order chi connectivity index (χ0) is 17.8. The first-order chi connectivity index (χ1) is 12.1. The number of ether oxygens (including phenoxy) is 1. The Kier molecular flexibility index (Phi) is 9.38. The molecule has 0 aliphatic carbocycles. The molecule has 1 amide bonds. The molecule has 0 radical (unpaired) electrons. The van der Waals surface area contributed by atoms with Crippen LogP contribution in [-0.4, -0.2) is 41.3 Å². The van der Waals surface area contributed by atoms with Crippen molar-refractivity contribution in [3.8, 4) is 0 Å². The van der Waals surface area contributed by atoms with Gasteiger partial charge in [-0.15, -0.1) is 24.8 Å². The summed E-state index contributed by atoms with van der Waals surface area (Å²) in [7, 11) is 0. The SMILES string of the molecule is Cl.Cl.NC(C(=O)NCCc1nc2ccccc2n1C(F)F)C1CCOCC1. The zero-order valence-corrected chi connectivity index (χ0v) is 16.3. The van der Waals surface area contributed by atoms with Crippen LogP contribution in [0.2, 0.25) is 0 Å². The van der Waals surface area contributed by atoms with Gasteiger partial charge < -0.3 is 15.8 Å². The number of fused-ring (bicyclic) bond motifs is 1. The van der Waals surface area contributed by atoms with E-state index < -0.39 is 12.6 Å². The quantitative estimate of drug-likeness (QED) is 0.746. The molecule has 2 aromatic rings. The number of alkyl halides is 2. The van der Waals surface area contributed by atoms with Crippen LogP contribution in [0.5, 0.6) is 0 Å². The van der Waals surface area contributed by atoms with E-state index >= 15 is 0 Å². The monoisotopic (exact) mass is 424 g/mol. The molecule has 1 unspecified atom stereocenters. The van der Waals surface area contributed by atoms with Gasteiger partial charge in [-0.3, -0.25) is 9.36 Å². The minimum absolute atomic E-state index is 0. The first-order valence-corrected chi connectivity index (χ1v) is 8.43. The molecule has 27 heavy (non-hydrogen) atoms. The van der Waals surface area contributed by atoms with Crippen molar-refractivity contribution < 1.29 is 18.3 Å². The van der Waals surface area contributed by atoms with Crippen LogP contribution in [0, 0.1) is 5.92 Å². The van der Waals surface area contributed by atoms with Crippen molar-refractivity contribution in [2.24, 2.45) is 11.7 Å². The topological polar surface area (TPSA) is 82.2 Å². The predicted octanol–water partition coefficient (Wildman–Crippen LogP) is 2.69. The fourth-order valence-electron chi connectivity index (χ4n) is 3.19. The molecule has 3 N–H and O–H groups in total. The Bertz CT molecular complexity index is 739. The predicted molar refractivity (Wildman–Crippen MR) is 104 cm³/mol. The summed E-state index contributed by atoms with van der Waals surface area (Å²) in [6.45, 7) is -1.23. The van der Waals surface area contributed by atoms with E-state index in [9.17, 15) is 13.6 Å². The highest BCUT2D eigenvalue weighted by Gasteiger charge is 2.26. The number of carbonyl (C=O) groups is 1. The number of nitrogens with one attached hydrogen (secondary N) is 1. The molecule has 1 aromatic heterocycles. The summed E-state index contributed by atoms with van der Waals surface area (Å²) in [5, 5.41) is 2.74. The molecule has 1 fully saturated rings. The first-order valence-electron chi connectivity index (χ1n) is 8.43. The van der Waals surface area contributed by atoms with Crippen molar-refractivity contribution in [1.82, 2.24) is 14.9 Å². The van der Waals surface area contributed by atoms with Crippen molar-refractivity contribution >= 4 is 41.8 Å². The molecule has 0 spiro atoms. The lowest BCUT2D eigenvalue weighted by molar-refractivity contribution is -0.124. The standard InChI is InChI=1S/C17H22F2N4O2.2ClH/c18-17(19)23-13-4-2-1-3-12(13)22-14(23)5-8-21-16(24)15(20)11-6-9-25-10-7-11;;/h1-4,11,15,17H,5-10,20H2,(H,21,24);2*1H. The Hall–Kier alpha value is -1.48. The van der Waals surface area contributed by atoms with Gasteiger partial charge in [-0.05, 0) is 30.9 Å². The maximum atomic E-state index is 13.4. The van der Waals surface area contributed by atoms with Crippen molar-refractivity contribution in [2.75, 3.05) is 19.8 Å². The molecule has 6 nitrogen and oxygen atoms in total. The third-order valence-electron chi connectivity index (χ3n) is 4.59. The molecule has 1 aliphatic rings. The second-order valence-electron chi connectivity index (χ2n) is 6.18. The minimum atomic E-state index is -2.68. The number of rotatable bonds is 6. The number of carbonyl (C=O) groups excluding carboxylic acids is 1. The van der Waals surface area contributed by atoms with Crippen molar-refractivity contribution in [3.05, 3.63) is 30.1 Å². The largest absolute Gasteiger partial charge is 0.381 e. The number of amides is 1. The Morgan fingerprint density at radius 2 is 1.96 bits per heavy atom. The molecule has 0 bridgehead atoms. The van der Waals surface area contributed by atoms with Crippen molar-refractivity contribution in [3.63, 3.8) is 0 Å². The minimum Gasteiger partial charge on any atom is -0.381 e. The second kappa shape index (κ2) is 10.8. The Labute approximate surface area is 168 Å². The molecular weight excluding hydrogens is 401 g/mol. The molecule has 1 saturated heterocycles. The van der Waals surface area contributed by atoms with Gasteiger partial charge in [-0.1, -0.05) is 12.1 Å². The number of para-hydroxylation sites is 2. The van der Waals surface area contributed by atoms with Gasteiger partial charge in [0.25, 0.3) is 0 Å². The van der Waals surface area contributed by atoms with Gasteiger partial charge in [0.1, 0.15) is 5.82 Å². The third kappa shape index (κ3) is 5.51. The summed E-state index contributed by atoms with van der Waals surface area (Å²) in [6.07, 6.45) is 1.73. The normalized spacial score (nSPS) is 15.9. The number of aromatic nitrogens is 2. The Balaban J connectivity index is 0.00000182. The fraction of sp³-hybridized carbons (Fsp3) is 0.529. The van der Waals surface area contributed by atoms with Crippen molar-refractivity contribution in [2.45, 2.75) is 31.9 Å². The Morgan fingerprint density at radius 3 is 2.63 bits per heavy atom. The highest BCUT2D eigenvalue weighted by atomic mass is 35.5. The lowest BCUT2D eigenvalue weighted by atomic mass is 9.92. The summed E-state index contributed by atoms with van der Waals surface area (Å²) >= 11 is 0. The number of nitrogens with zero attached hydrogens (tertiary/aromatic N) is 2. The second-order valence-corrected chi connectivity index (χ2v) is 6.18. The summed E-state index contributed by atoms with van der Waals surface area (Å²) in [5.41, 5.74) is 6.91. The van der Waals surface area contributed by atoms with E-state index in [4.69, 9.17) is 10.5 Å². The van der Waals surface area contributed by atoms with Gasteiger partial charge in [0, 0.05) is 26.2 Å². The van der Waals surface area contributed by atoms with Gasteiger partial charge in [-0.2, -0.15) is 8.78 Å². The summed E-state index contributed by atoms with van der Waals surface area (Å²) in [6, 6.07) is 6.15. The van der Waals surface area contributed by atoms with Gasteiger partial charge in [0.15, 0.2) is 0 Å². The van der Waals surface area contributed by atoms with Crippen LogP contribution in [0.25, 0.3) is 11.0 Å². The van der Waals surface area contributed by atoms with E-state index in [0.717, 1.165) is 17.4 Å². The number of hydrogen-bond acceptors (Lipinski definition) is 4. The van der Waals surface area contributed by atoms with E-state index in [1.165, 1.54) is 0 Å². The maximum absolute atomic E-state index is 13.4. The molecule has 3 rings (SSSR count). The van der Waals surface area contributed by atoms with Crippen molar-refractivity contribution in [1.29, 1.82) is 0 Å². The number of hydrogen-bond donors (Lipinski definition) is 2. The molecule has 1 aliphatic heterocycles. The molecule has 10 heteroatoms. The highest BCUT2D eigenvalue weighted by molar-refractivity contribution is 5.85. The number of benzene rings is 1. The number of imidazole rings is 1. The zero-order valence-electron chi connectivity index (χ0n) is 14.6. The number of halogens is 4. The molecule has 152 valence electrons. The van der Waals surface area contributed by atoms with E-state index in [0.29, 0.717) is 24.2 Å².